The van der Waals surface area contributed by atoms with Gasteiger partial charge in [0.25, 0.3) is 5.91 Å². The molecule has 0 saturated heterocycles. The van der Waals surface area contributed by atoms with Crippen LogP contribution in [0.5, 0.6) is 5.88 Å². The standard InChI is InChI=1S/C22H22N2O3S/c1-16-9-10-20-21(23-16)27-18(15-26-14-17-6-3-2-4-7-17)12-24(22(20)25)13-19-8-5-11-28-19/h2-11,18H,12-15H2,1H3/t18-/m1/s1. The van der Waals surface area contributed by atoms with Crippen LogP contribution in [0.25, 0.3) is 0 Å². The first-order valence-electron chi connectivity index (χ1n) is 9.26. The molecule has 3 aromatic rings. The molecule has 0 bridgehead atoms. The molecular formula is C22H22N2O3S. The average molecular weight is 394 g/mol. The number of thiophene rings is 1. The third kappa shape index (κ3) is 4.40. The van der Waals surface area contributed by atoms with E-state index in [4.69, 9.17) is 9.47 Å². The van der Waals surface area contributed by atoms with Crippen LogP contribution in [0.3, 0.4) is 0 Å². The highest BCUT2D eigenvalue weighted by atomic mass is 32.1. The number of nitrogens with zero attached hydrogens (tertiary/aromatic N) is 2. The fourth-order valence-electron chi connectivity index (χ4n) is 3.18. The largest absolute Gasteiger partial charge is 0.469 e. The van der Waals surface area contributed by atoms with Crippen LogP contribution in [0.1, 0.15) is 26.5 Å². The van der Waals surface area contributed by atoms with E-state index in [-0.39, 0.29) is 12.0 Å². The Balaban J connectivity index is 1.51. The summed E-state index contributed by atoms with van der Waals surface area (Å²) >= 11 is 1.64. The predicted molar refractivity (Wildman–Crippen MR) is 109 cm³/mol. The fraction of sp³-hybridized carbons (Fsp3) is 0.273. The highest BCUT2D eigenvalue weighted by Crippen LogP contribution is 2.25. The average Bonchev–Trinajstić information content (AvgIpc) is 3.17. The predicted octanol–water partition coefficient (Wildman–Crippen LogP) is 4.07. The minimum absolute atomic E-state index is 0.0542. The van der Waals surface area contributed by atoms with E-state index >= 15 is 0 Å². The third-order valence-electron chi connectivity index (χ3n) is 4.56. The molecule has 144 valence electrons. The van der Waals surface area contributed by atoms with E-state index in [0.717, 1.165) is 16.1 Å². The zero-order valence-corrected chi connectivity index (χ0v) is 16.5. The van der Waals surface area contributed by atoms with Crippen LogP contribution in [0.15, 0.2) is 60.0 Å². The number of rotatable bonds is 6. The van der Waals surface area contributed by atoms with Crippen molar-refractivity contribution in [1.29, 1.82) is 0 Å². The van der Waals surface area contributed by atoms with Gasteiger partial charge >= 0.3 is 0 Å². The van der Waals surface area contributed by atoms with Crippen molar-refractivity contribution in [3.8, 4) is 5.88 Å². The summed E-state index contributed by atoms with van der Waals surface area (Å²) in [6.07, 6.45) is -0.275. The Bertz CT molecular complexity index is 928. The topological polar surface area (TPSA) is 51.7 Å². The van der Waals surface area contributed by atoms with Gasteiger partial charge in [0.15, 0.2) is 0 Å². The normalized spacial score (nSPS) is 16.4. The van der Waals surface area contributed by atoms with Gasteiger partial charge in [-0.2, -0.15) is 0 Å². The van der Waals surface area contributed by atoms with Crippen molar-refractivity contribution in [2.24, 2.45) is 0 Å². The summed E-state index contributed by atoms with van der Waals surface area (Å²) in [5, 5.41) is 2.02. The lowest BCUT2D eigenvalue weighted by molar-refractivity contribution is 0.0247. The van der Waals surface area contributed by atoms with Crippen molar-refractivity contribution >= 4 is 17.2 Å². The highest BCUT2D eigenvalue weighted by molar-refractivity contribution is 7.09. The number of benzene rings is 1. The lowest BCUT2D eigenvalue weighted by Gasteiger charge is -2.23. The first kappa shape index (κ1) is 18.7. The van der Waals surface area contributed by atoms with Crippen molar-refractivity contribution in [2.45, 2.75) is 26.2 Å². The van der Waals surface area contributed by atoms with Gasteiger partial charge in [0.2, 0.25) is 5.88 Å². The SMILES string of the molecule is Cc1ccc2c(n1)O[C@@H](COCc1ccccc1)CN(Cc1cccs1)C2=O. The van der Waals surface area contributed by atoms with E-state index in [1.165, 1.54) is 0 Å². The number of pyridine rings is 1. The van der Waals surface area contributed by atoms with E-state index < -0.39 is 0 Å². The minimum Gasteiger partial charge on any atom is -0.469 e. The molecule has 6 heteroatoms. The lowest BCUT2D eigenvalue weighted by atomic mass is 10.2. The molecule has 1 aliphatic rings. The third-order valence-corrected chi connectivity index (χ3v) is 5.42. The van der Waals surface area contributed by atoms with Crippen LogP contribution in [0.2, 0.25) is 0 Å². The van der Waals surface area contributed by atoms with E-state index in [0.29, 0.717) is 37.7 Å². The molecule has 1 amide bonds. The van der Waals surface area contributed by atoms with Crippen molar-refractivity contribution in [2.75, 3.05) is 13.2 Å². The second kappa shape index (κ2) is 8.54. The molecule has 5 nitrogen and oxygen atoms in total. The molecule has 0 unspecified atom stereocenters. The zero-order valence-electron chi connectivity index (χ0n) is 15.7. The molecule has 0 N–H and O–H groups in total. The second-order valence-corrected chi connectivity index (χ2v) is 7.84. The fourth-order valence-corrected chi connectivity index (χ4v) is 3.90. The molecule has 4 rings (SSSR count). The van der Waals surface area contributed by atoms with Crippen LogP contribution >= 0.6 is 11.3 Å². The van der Waals surface area contributed by atoms with Gasteiger partial charge in [-0.15, -0.1) is 11.3 Å². The van der Waals surface area contributed by atoms with E-state index in [1.807, 2.05) is 65.7 Å². The summed E-state index contributed by atoms with van der Waals surface area (Å²) in [4.78, 5) is 20.5. The number of hydrogen-bond acceptors (Lipinski definition) is 5. The summed E-state index contributed by atoms with van der Waals surface area (Å²) in [7, 11) is 0. The highest BCUT2D eigenvalue weighted by Gasteiger charge is 2.30. The maximum atomic E-state index is 13.1. The quantitative estimate of drug-likeness (QED) is 0.632. The van der Waals surface area contributed by atoms with Gasteiger partial charge in [-0.3, -0.25) is 4.79 Å². The monoisotopic (exact) mass is 394 g/mol. The van der Waals surface area contributed by atoms with Gasteiger partial charge < -0.3 is 14.4 Å². The van der Waals surface area contributed by atoms with E-state index in [1.54, 1.807) is 17.4 Å². The van der Waals surface area contributed by atoms with Gasteiger partial charge in [-0.05, 0) is 36.1 Å². The number of amides is 1. The number of aromatic nitrogens is 1. The molecule has 1 aliphatic heterocycles. The number of fused-ring (bicyclic) bond motifs is 1. The van der Waals surface area contributed by atoms with Crippen LogP contribution < -0.4 is 4.74 Å². The number of carbonyl (C=O) groups excluding carboxylic acids is 1. The molecule has 0 fully saturated rings. The van der Waals surface area contributed by atoms with Crippen LogP contribution in [-0.2, 0) is 17.9 Å². The smallest absolute Gasteiger partial charge is 0.259 e. The maximum Gasteiger partial charge on any atom is 0.259 e. The van der Waals surface area contributed by atoms with Crippen molar-refractivity contribution < 1.29 is 14.3 Å². The summed E-state index contributed by atoms with van der Waals surface area (Å²) in [5.41, 5.74) is 2.44. The van der Waals surface area contributed by atoms with Gasteiger partial charge in [0.1, 0.15) is 11.7 Å². The summed E-state index contributed by atoms with van der Waals surface area (Å²) in [5.74, 6) is 0.341. The Labute approximate surface area is 168 Å². The number of aryl methyl sites for hydroxylation is 1. The first-order chi connectivity index (χ1) is 13.7. The molecule has 0 spiro atoms. The number of ether oxygens (including phenoxy) is 2. The first-order valence-corrected chi connectivity index (χ1v) is 10.1. The second-order valence-electron chi connectivity index (χ2n) is 6.81. The molecule has 0 radical (unpaired) electrons. The maximum absolute atomic E-state index is 13.1. The molecule has 28 heavy (non-hydrogen) atoms. The van der Waals surface area contributed by atoms with Crippen molar-refractivity contribution in [1.82, 2.24) is 9.88 Å². The Morgan fingerprint density at radius 1 is 1.18 bits per heavy atom. The van der Waals surface area contributed by atoms with Crippen molar-refractivity contribution in [3.05, 3.63) is 81.7 Å². The number of carbonyl (C=O) groups is 1. The summed E-state index contributed by atoms with van der Waals surface area (Å²) < 4.78 is 12.0. The van der Waals surface area contributed by atoms with Gasteiger partial charge in [0.05, 0.1) is 26.3 Å². The van der Waals surface area contributed by atoms with Crippen LogP contribution in [-0.4, -0.2) is 35.0 Å². The molecule has 2 aromatic heterocycles. The summed E-state index contributed by atoms with van der Waals surface area (Å²) in [6.45, 7) is 3.80. The molecule has 3 heterocycles. The Hall–Kier alpha value is -2.70. The van der Waals surface area contributed by atoms with E-state index in [2.05, 4.69) is 4.98 Å². The molecule has 0 saturated carbocycles. The molecule has 1 atom stereocenters. The Morgan fingerprint density at radius 2 is 2.04 bits per heavy atom. The van der Waals surface area contributed by atoms with Gasteiger partial charge in [-0.25, -0.2) is 4.98 Å². The zero-order chi connectivity index (χ0) is 19.3. The lowest BCUT2D eigenvalue weighted by Crippen LogP contribution is -2.38. The van der Waals surface area contributed by atoms with E-state index in [9.17, 15) is 4.79 Å². The van der Waals surface area contributed by atoms with Crippen LogP contribution in [0, 0.1) is 6.92 Å². The minimum atomic E-state index is -0.275. The molecule has 0 aliphatic carbocycles. The van der Waals surface area contributed by atoms with Gasteiger partial charge in [-0.1, -0.05) is 36.4 Å². The Morgan fingerprint density at radius 3 is 2.82 bits per heavy atom. The Kier molecular flexibility index (Phi) is 5.69. The van der Waals surface area contributed by atoms with Crippen molar-refractivity contribution in [3.63, 3.8) is 0 Å². The van der Waals surface area contributed by atoms with Gasteiger partial charge in [0, 0.05) is 10.6 Å². The van der Waals surface area contributed by atoms with Crippen LogP contribution in [0.4, 0.5) is 0 Å². The summed E-state index contributed by atoms with van der Waals surface area (Å²) in [6, 6.07) is 17.7. The molecule has 1 aromatic carbocycles. The molecular weight excluding hydrogens is 372 g/mol. The number of hydrogen-bond donors (Lipinski definition) is 0.